The van der Waals surface area contributed by atoms with Gasteiger partial charge in [0.25, 0.3) is 0 Å². The Labute approximate surface area is 71.8 Å². The first-order valence-electron chi connectivity index (χ1n) is 4.04. The number of carbonyl (C=O) groups is 1. The minimum absolute atomic E-state index is 0.364. The van der Waals surface area contributed by atoms with Crippen LogP contribution in [0.25, 0.3) is 0 Å². The van der Waals surface area contributed by atoms with Crippen molar-refractivity contribution >= 4 is 5.97 Å². The van der Waals surface area contributed by atoms with Gasteiger partial charge in [0.05, 0.1) is 7.11 Å². The third-order valence-electron chi connectivity index (χ3n) is 1.99. The Balaban J connectivity index is 2.39. The number of hydrogen-bond acceptors (Lipinski definition) is 5. The van der Waals surface area contributed by atoms with Crippen LogP contribution < -0.4 is 11.1 Å². The van der Waals surface area contributed by atoms with E-state index in [1.165, 1.54) is 7.11 Å². The molecule has 0 spiro atoms. The summed E-state index contributed by atoms with van der Waals surface area (Å²) in [5.74, 6) is -0.364. The molecule has 0 aromatic carbocycles. The number of methoxy groups -OCH3 is 1. The molecule has 0 aromatic rings. The van der Waals surface area contributed by atoms with E-state index in [9.17, 15) is 4.79 Å². The maximum Gasteiger partial charge on any atom is 0.337 e. The molecule has 0 amide bonds. The first kappa shape index (κ1) is 9.44. The summed E-state index contributed by atoms with van der Waals surface area (Å²) in [5, 5.41) is 3.18. The largest absolute Gasteiger partial charge is 0.467 e. The quantitative estimate of drug-likeness (QED) is 0.490. The summed E-state index contributed by atoms with van der Waals surface area (Å²) in [4.78, 5) is 12.9. The molecular weight excluding hydrogens is 158 g/mol. The minimum atomic E-state index is -0.600. The number of nitrogens with one attached hydrogen (secondary N) is 1. The Bertz CT molecular complexity index is 157. The lowest BCUT2D eigenvalue weighted by atomic mass is 10.3. The zero-order valence-electron chi connectivity index (χ0n) is 7.25. The monoisotopic (exact) mass is 173 g/mol. The van der Waals surface area contributed by atoms with Crippen LogP contribution in [-0.2, 0) is 9.53 Å². The van der Waals surface area contributed by atoms with Crippen LogP contribution in [-0.4, -0.2) is 50.3 Å². The van der Waals surface area contributed by atoms with Crippen LogP contribution in [0.1, 0.15) is 0 Å². The number of ether oxygens (including phenoxy) is 1. The molecule has 5 nitrogen and oxygen atoms in total. The molecule has 1 rings (SSSR count). The predicted octanol–water partition coefficient (Wildman–Crippen LogP) is -1.65. The molecule has 0 aromatic heterocycles. The second-order valence-electron chi connectivity index (χ2n) is 2.75. The van der Waals surface area contributed by atoms with Gasteiger partial charge in [0.15, 0.2) is 6.17 Å². The summed E-state index contributed by atoms with van der Waals surface area (Å²) in [6.45, 7) is 3.36. The van der Waals surface area contributed by atoms with Crippen LogP contribution in [0.5, 0.6) is 0 Å². The zero-order chi connectivity index (χ0) is 8.97. The maximum atomic E-state index is 11.0. The smallest absolute Gasteiger partial charge is 0.337 e. The lowest BCUT2D eigenvalue weighted by Crippen LogP contribution is -2.55. The van der Waals surface area contributed by atoms with Crippen LogP contribution in [0.3, 0.4) is 0 Å². The minimum Gasteiger partial charge on any atom is -0.467 e. The van der Waals surface area contributed by atoms with E-state index in [-0.39, 0.29) is 5.97 Å². The Morgan fingerprint density at radius 1 is 1.58 bits per heavy atom. The Morgan fingerprint density at radius 3 is 2.67 bits per heavy atom. The molecule has 0 bridgehead atoms. The molecule has 0 saturated carbocycles. The van der Waals surface area contributed by atoms with Crippen molar-refractivity contribution in [2.45, 2.75) is 6.17 Å². The molecule has 1 heterocycles. The number of hydrogen-bond donors (Lipinski definition) is 2. The molecule has 0 aliphatic carbocycles. The fraction of sp³-hybridized carbons (Fsp3) is 0.857. The molecule has 70 valence electrons. The van der Waals surface area contributed by atoms with E-state index >= 15 is 0 Å². The fourth-order valence-corrected chi connectivity index (χ4v) is 1.23. The second-order valence-corrected chi connectivity index (χ2v) is 2.75. The number of nitrogens with two attached hydrogens (primary N) is 1. The highest BCUT2D eigenvalue weighted by Gasteiger charge is 2.23. The van der Waals surface area contributed by atoms with Crippen molar-refractivity contribution in [3.8, 4) is 0 Å². The molecule has 0 radical (unpaired) electrons. The molecular formula is C7H15N3O2. The molecule has 1 atom stereocenters. The molecule has 1 aliphatic rings. The average molecular weight is 173 g/mol. The van der Waals surface area contributed by atoms with E-state index in [1.54, 1.807) is 0 Å². The van der Waals surface area contributed by atoms with E-state index in [4.69, 9.17) is 5.73 Å². The molecule has 1 unspecified atom stereocenters. The molecule has 1 saturated heterocycles. The fourth-order valence-electron chi connectivity index (χ4n) is 1.23. The summed E-state index contributed by atoms with van der Waals surface area (Å²) < 4.78 is 4.54. The van der Waals surface area contributed by atoms with Gasteiger partial charge in [-0.2, -0.15) is 0 Å². The van der Waals surface area contributed by atoms with Gasteiger partial charge >= 0.3 is 5.97 Å². The molecule has 1 fully saturated rings. The van der Waals surface area contributed by atoms with E-state index < -0.39 is 6.17 Å². The Kier molecular flexibility index (Phi) is 3.46. The lowest BCUT2D eigenvalue weighted by molar-refractivity contribution is -0.147. The third kappa shape index (κ3) is 2.17. The normalized spacial score (nSPS) is 21.8. The molecule has 1 aliphatic heterocycles. The average Bonchev–Trinajstić information content (AvgIpc) is 2.17. The first-order valence-corrected chi connectivity index (χ1v) is 4.04. The Hall–Kier alpha value is -0.650. The SMILES string of the molecule is COC(=O)C(N)N1CCNCC1. The standard InChI is InChI=1S/C7H15N3O2/c1-12-7(11)6(8)10-4-2-9-3-5-10/h6,9H,2-5,8H2,1H3. The number of rotatable bonds is 2. The van der Waals surface area contributed by atoms with Gasteiger partial charge in [0.1, 0.15) is 0 Å². The topological polar surface area (TPSA) is 67.6 Å². The van der Waals surface area contributed by atoms with Crippen molar-refractivity contribution in [3.63, 3.8) is 0 Å². The maximum absolute atomic E-state index is 11.0. The van der Waals surface area contributed by atoms with Crippen molar-refractivity contribution in [3.05, 3.63) is 0 Å². The highest BCUT2D eigenvalue weighted by atomic mass is 16.5. The molecule has 3 N–H and O–H groups in total. The van der Waals surface area contributed by atoms with Gasteiger partial charge in [-0.3, -0.25) is 4.90 Å². The van der Waals surface area contributed by atoms with Crippen molar-refractivity contribution in [1.29, 1.82) is 0 Å². The van der Waals surface area contributed by atoms with Crippen molar-refractivity contribution in [1.82, 2.24) is 10.2 Å². The van der Waals surface area contributed by atoms with Crippen LogP contribution in [0, 0.1) is 0 Å². The van der Waals surface area contributed by atoms with E-state index in [0.29, 0.717) is 0 Å². The summed E-state index contributed by atoms with van der Waals surface area (Å²) in [6.07, 6.45) is -0.600. The van der Waals surface area contributed by atoms with Crippen molar-refractivity contribution < 1.29 is 9.53 Å². The molecule has 5 heteroatoms. The zero-order valence-corrected chi connectivity index (χ0v) is 7.25. The van der Waals surface area contributed by atoms with Crippen LogP contribution in [0.4, 0.5) is 0 Å². The summed E-state index contributed by atoms with van der Waals surface area (Å²) in [5.41, 5.74) is 5.63. The first-order chi connectivity index (χ1) is 5.75. The van der Waals surface area contributed by atoms with Gasteiger partial charge in [-0.15, -0.1) is 0 Å². The van der Waals surface area contributed by atoms with Crippen molar-refractivity contribution in [2.75, 3.05) is 33.3 Å². The number of piperazine rings is 1. The van der Waals surface area contributed by atoms with E-state index in [2.05, 4.69) is 10.1 Å². The lowest BCUT2D eigenvalue weighted by Gasteiger charge is -2.30. The number of esters is 1. The third-order valence-corrected chi connectivity index (χ3v) is 1.99. The summed E-state index contributed by atoms with van der Waals surface area (Å²) in [7, 11) is 1.35. The van der Waals surface area contributed by atoms with Gasteiger partial charge in [-0.25, -0.2) is 4.79 Å². The van der Waals surface area contributed by atoms with E-state index in [1.807, 2.05) is 4.90 Å². The second kappa shape index (κ2) is 4.39. The Morgan fingerprint density at radius 2 is 2.17 bits per heavy atom. The highest BCUT2D eigenvalue weighted by molar-refractivity contribution is 5.74. The van der Waals surface area contributed by atoms with Gasteiger partial charge in [0.2, 0.25) is 0 Å². The highest BCUT2D eigenvalue weighted by Crippen LogP contribution is 1.97. The van der Waals surface area contributed by atoms with Gasteiger partial charge in [-0.05, 0) is 0 Å². The summed E-state index contributed by atoms with van der Waals surface area (Å²) in [6, 6.07) is 0. The number of carbonyl (C=O) groups excluding carboxylic acids is 1. The van der Waals surface area contributed by atoms with Crippen LogP contribution >= 0.6 is 0 Å². The van der Waals surface area contributed by atoms with Gasteiger partial charge < -0.3 is 15.8 Å². The number of nitrogens with zero attached hydrogens (tertiary/aromatic N) is 1. The van der Waals surface area contributed by atoms with Gasteiger partial charge in [-0.1, -0.05) is 0 Å². The predicted molar refractivity (Wildman–Crippen MR) is 44.4 cm³/mol. The van der Waals surface area contributed by atoms with E-state index in [0.717, 1.165) is 26.2 Å². The van der Waals surface area contributed by atoms with Crippen molar-refractivity contribution in [2.24, 2.45) is 5.73 Å². The van der Waals surface area contributed by atoms with Crippen LogP contribution in [0.2, 0.25) is 0 Å². The van der Waals surface area contributed by atoms with Gasteiger partial charge in [0, 0.05) is 26.2 Å². The van der Waals surface area contributed by atoms with Crippen LogP contribution in [0.15, 0.2) is 0 Å². The molecule has 12 heavy (non-hydrogen) atoms. The summed E-state index contributed by atoms with van der Waals surface area (Å²) >= 11 is 0.